The fourth-order valence-corrected chi connectivity index (χ4v) is 2.15. The number of methoxy groups -OCH3 is 2. The molecule has 2 rings (SSSR count). The van der Waals surface area contributed by atoms with Crippen molar-refractivity contribution in [3.05, 3.63) is 35.5 Å². The Morgan fingerprint density at radius 1 is 1.30 bits per heavy atom. The zero-order chi connectivity index (χ0) is 14.5. The summed E-state index contributed by atoms with van der Waals surface area (Å²) in [6, 6.07) is 7.46. The first-order valence-corrected chi connectivity index (χ1v) is 6.54. The Kier molecular flexibility index (Phi) is 4.70. The van der Waals surface area contributed by atoms with Crippen molar-refractivity contribution in [2.45, 2.75) is 0 Å². The molecule has 0 aliphatic carbocycles. The number of ether oxygens (including phenoxy) is 2. The summed E-state index contributed by atoms with van der Waals surface area (Å²) in [5, 5.41) is 3.05. The van der Waals surface area contributed by atoms with Gasteiger partial charge in [-0.1, -0.05) is 12.1 Å². The molecule has 0 bridgehead atoms. The van der Waals surface area contributed by atoms with Gasteiger partial charge in [-0.05, 0) is 36.0 Å². The van der Waals surface area contributed by atoms with Gasteiger partial charge in [0.15, 0.2) is 5.11 Å². The Morgan fingerprint density at radius 2 is 2.00 bits per heavy atom. The molecule has 6 heteroatoms. The monoisotopic (exact) mass is 292 g/mol. The number of amides is 1. The molecule has 1 amide bonds. The number of benzene rings is 1. The van der Waals surface area contributed by atoms with Gasteiger partial charge in [0.25, 0.3) is 5.91 Å². The van der Waals surface area contributed by atoms with Crippen molar-refractivity contribution >= 4 is 29.3 Å². The predicted molar refractivity (Wildman–Crippen MR) is 80.3 cm³/mol. The fraction of sp³-hybridized carbons (Fsp3) is 0.286. The van der Waals surface area contributed by atoms with E-state index in [1.165, 1.54) is 0 Å². The number of nitrogens with one attached hydrogen (secondary N) is 1. The molecule has 0 atom stereocenters. The van der Waals surface area contributed by atoms with Gasteiger partial charge < -0.3 is 14.4 Å². The molecule has 0 saturated carbocycles. The SMILES string of the molecule is COCCN1C(=S)NC(=O)/C1=C\c1ccc(OC)cc1. The van der Waals surface area contributed by atoms with Gasteiger partial charge in [-0.15, -0.1) is 0 Å². The summed E-state index contributed by atoms with van der Waals surface area (Å²) in [5.74, 6) is 0.580. The van der Waals surface area contributed by atoms with E-state index < -0.39 is 0 Å². The minimum Gasteiger partial charge on any atom is -0.497 e. The van der Waals surface area contributed by atoms with Gasteiger partial charge in [0.2, 0.25) is 0 Å². The second-order valence-electron chi connectivity index (χ2n) is 4.21. The van der Waals surface area contributed by atoms with Crippen LogP contribution in [0.25, 0.3) is 6.08 Å². The Hall–Kier alpha value is -1.92. The first-order valence-electron chi connectivity index (χ1n) is 6.13. The Labute approximate surface area is 123 Å². The van der Waals surface area contributed by atoms with Crippen molar-refractivity contribution in [2.75, 3.05) is 27.4 Å². The lowest BCUT2D eigenvalue weighted by Crippen LogP contribution is -2.30. The van der Waals surface area contributed by atoms with Crippen LogP contribution in [0.3, 0.4) is 0 Å². The number of rotatable bonds is 5. The molecule has 1 N–H and O–H groups in total. The largest absolute Gasteiger partial charge is 0.497 e. The Balaban J connectivity index is 2.24. The zero-order valence-electron chi connectivity index (χ0n) is 11.4. The molecule has 1 aromatic rings. The zero-order valence-corrected chi connectivity index (χ0v) is 12.2. The highest BCUT2D eigenvalue weighted by Crippen LogP contribution is 2.19. The molecular weight excluding hydrogens is 276 g/mol. The number of carbonyl (C=O) groups is 1. The van der Waals surface area contributed by atoms with Gasteiger partial charge in [0, 0.05) is 13.7 Å². The molecule has 5 nitrogen and oxygen atoms in total. The van der Waals surface area contributed by atoms with Crippen molar-refractivity contribution in [1.82, 2.24) is 10.2 Å². The summed E-state index contributed by atoms with van der Waals surface area (Å²) in [5.41, 5.74) is 1.43. The van der Waals surface area contributed by atoms with E-state index in [2.05, 4.69) is 5.32 Å². The molecular formula is C14H16N2O3S. The average Bonchev–Trinajstić information content (AvgIpc) is 2.72. The van der Waals surface area contributed by atoms with Crippen LogP contribution in [-0.4, -0.2) is 43.3 Å². The molecule has 0 spiro atoms. The van der Waals surface area contributed by atoms with Gasteiger partial charge in [0.1, 0.15) is 11.4 Å². The van der Waals surface area contributed by atoms with E-state index in [1.807, 2.05) is 24.3 Å². The molecule has 1 heterocycles. The van der Waals surface area contributed by atoms with Crippen molar-refractivity contribution in [3.63, 3.8) is 0 Å². The third kappa shape index (κ3) is 3.15. The fourth-order valence-electron chi connectivity index (χ4n) is 1.87. The number of hydrogen-bond acceptors (Lipinski definition) is 4. The first-order chi connectivity index (χ1) is 9.65. The summed E-state index contributed by atoms with van der Waals surface area (Å²) in [7, 11) is 3.23. The molecule has 0 radical (unpaired) electrons. The highest BCUT2D eigenvalue weighted by atomic mass is 32.1. The summed E-state index contributed by atoms with van der Waals surface area (Å²) >= 11 is 5.14. The maximum Gasteiger partial charge on any atom is 0.274 e. The van der Waals surface area contributed by atoms with Crippen LogP contribution >= 0.6 is 12.2 Å². The first kappa shape index (κ1) is 14.5. The van der Waals surface area contributed by atoms with Crippen LogP contribution in [0.1, 0.15) is 5.56 Å². The molecule has 0 unspecified atom stereocenters. The third-order valence-corrected chi connectivity index (χ3v) is 3.25. The highest BCUT2D eigenvalue weighted by Gasteiger charge is 2.29. The van der Waals surface area contributed by atoms with E-state index >= 15 is 0 Å². The van der Waals surface area contributed by atoms with Gasteiger partial charge in [-0.25, -0.2) is 0 Å². The van der Waals surface area contributed by atoms with E-state index in [9.17, 15) is 4.79 Å². The molecule has 1 saturated heterocycles. The topological polar surface area (TPSA) is 50.8 Å². The molecule has 0 aromatic heterocycles. The normalized spacial score (nSPS) is 16.7. The Bertz CT molecular complexity index is 540. The molecule has 20 heavy (non-hydrogen) atoms. The number of thiocarbonyl (C=S) groups is 1. The Morgan fingerprint density at radius 3 is 2.60 bits per heavy atom. The van der Waals surface area contributed by atoms with Crippen molar-refractivity contribution in [2.24, 2.45) is 0 Å². The number of carbonyl (C=O) groups excluding carboxylic acids is 1. The minimum atomic E-state index is -0.193. The standard InChI is InChI=1S/C14H16N2O3S/c1-18-8-7-16-12(13(17)15-14(16)20)9-10-3-5-11(19-2)6-4-10/h3-6,9H,7-8H2,1-2H3,(H,15,17,20)/b12-9+. The molecule has 1 aromatic carbocycles. The maximum atomic E-state index is 11.9. The van der Waals surface area contributed by atoms with Gasteiger partial charge >= 0.3 is 0 Å². The molecule has 1 aliphatic heterocycles. The maximum absolute atomic E-state index is 11.9. The quantitative estimate of drug-likeness (QED) is 0.657. The number of nitrogens with zero attached hydrogens (tertiary/aromatic N) is 1. The van der Waals surface area contributed by atoms with Crippen LogP contribution in [0.4, 0.5) is 0 Å². The van der Waals surface area contributed by atoms with Crippen LogP contribution in [-0.2, 0) is 9.53 Å². The van der Waals surface area contributed by atoms with Crippen LogP contribution < -0.4 is 10.1 Å². The van der Waals surface area contributed by atoms with Gasteiger partial charge in [-0.3, -0.25) is 10.1 Å². The van der Waals surface area contributed by atoms with E-state index in [4.69, 9.17) is 21.7 Å². The third-order valence-electron chi connectivity index (χ3n) is 2.93. The van der Waals surface area contributed by atoms with E-state index in [1.54, 1.807) is 25.2 Å². The van der Waals surface area contributed by atoms with Crippen LogP contribution in [0.5, 0.6) is 5.75 Å². The van der Waals surface area contributed by atoms with Gasteiger partial charge in [0.05, 0.1) is 13.7 Å². The van der Waals surface area contributed by atoms with E-state index in [-0.39, 0.29) is 5.91 Å². The molecule has 1 aliphatic rings. The highest BCUT2D eigenvalue weighted by molar-refractivity contribution is 7.80. The minimum absolute atomic E-state index is 0.193. The lowest BCUT2D eigenvalue weighted by Gasteiger charge is -2.16. The molecule has 1 fully saturated rings. The lowest BCUT2D eigenvalue weighted by molar-refractivity contribution is -0.115. The molecule has 106 valence electrons. The van der Waals surface area contributed by atoms with Crippen molar-refractivity contribution < 1.29 is 14.3 Å². The second-order valence-corrected chi connectivity index (χ2v) is 4.59. The van der Waals surface area contributed by atoms with Crippen LogP contribution in [0, 0.1) is 0 Å². The van der Waals surface area contributed by atoms with E-state index in [0.29, 0.717) is 24.0 Å². The van der Waals surface area contributed by atoms with Gasteiger partial charge in [-0.2, -0.15) is 0 Å². The average molecular weight is 292 g/mol. The predicted octanol–water partition coefficient (Wildman–Crippen LogP) is 1.40. The summed E-state index contributed by atoms with van der Waals surface area (Å²) in [4.78, 5) is 13.7. The summed E-state index contributed by atoms with van der Waals surface area (Å²) < 4.78 is 10.1. The number of hydrogen-bond donors (Lipinski definition) is 1. The van der Waals surface area contributed by atoms with E-state index in [0.717, 1.165) is 11.3 Å². The summed E-state index contributed by atoms with van der Waals surface area (Å²) in [6.07, 6.45) is 1.80. The lowest BCUT2D eigenvalue weighted by atomic mass is 10.2. The van der Waals surface area contributed by atoms with Crippen LogP contribution in [0.15, 0.2) is 30.0 Å². The smallest absolute Gasteiger partial charge is 0.274 e. The van der Waals surface area contributed by atoms with Crippen molar-refractivity contribution in [1.29, 1.82) is 0 Å². The summed E-state index contributed by atoms with van der Waals surface area (Å²) in [6.45, 7) is 1.03. The van der Waals surface area contributed by atoms with Crippen LogP contribution in [0.2, 0.25) is 0 Å². The van der Waals surface area contributed by atoms with Crippen molar-refractivity contribution in [3.8, 4) is 5.75 Å². The second kappa shape index (κ2) is 6.49.